The van der Waals surface area contributed by atoms with Crippen LogP contribution in [0.1, 0.15) is 43.2 Å². The molecule has 1 unspecified atom stereocenters. The fourth-order valence-electron chi connectivity index (χ4n) is 5.15. The number of amides is 3. The highest BCUT2D eigenvalue weighted by atomic mass is 16.2. The highest BCUT2D eigenvalue weighted by molar-refractivity contribution is 6.09. The summed E-state index contributed by atoms with van der Waals surface area (Å²) in [4.78, 5) is 38.4. The van der Waals surface area contributed by atoms with E-state index in [1.54, 1.807) is 21.8 Å². The van der Waals surface area contributed by atoms with Gasteiger partial charge in [-0.2, -0.15) is 5.10 Å². The number of rotatable bonds is 4. The Morgan fingerprint density at radius 2 is 1.83 bits per heavy atom. The van der Waals surface area contributed by atoms with Gasteiger partial charge < -0.3 is 14.7 Å². The normalized spacial score (nSPS) is 20.5. The van der Waals surface area contributed by atoms with E-state index in [2.05, 4.69) is 61.1 Å². The van der Waals surface area contributed by atoms with Crippen LogP contribution in [-0.2, 0) is 7.05 Å². The topological polar surface area (TPSA) is 77.3 Å². The average molecular weight is 490 g/mol. The Labute approximate surface area is 212 Å². The zero-order valence-corrected chi connectivity index (χ0v) is 21.8. The summed E-state index contributed by atoms with van der Waals surface area (Å²) in [6, 6.07) is 10.2. The van der Waals surface area contributed by atoms with E-state index >= 15 is 0 Å². The maximum Gasteiger partial charge on any atom is 0.325 e. The minimum absolute atomic E-state index is 0.00150. The molecule has 1 atom stereocenters. The summed E-state index contributed by atoms with van der Waals surface area (Å²) in [6.07, 6.45) is 4.71. The van der Waals surface area contributed by atoms with Gasteiger partial charge in [-0.05, 0) is 30.0 Å². The number of piperazine rings is 1. The minimum atomic E-state index is -0.0162. The first kappa shape index (κ1) is 24.1. The van der Waals surface area contributed by atoms with Gasteiger partial charge in [0.1, 0.15) is 11.5 Å². The summed E-state index contributed by atoms with van der Waals surface area (Å²) in [6.45, 7) is 9.99. The fourth-order valence-corrected chi connectivity index (χ4v) is 5.15. The molecule has 1 aromatic heterocycles. The molecule has 1 aromatic carbocycles. The van der Waals surface area contributed by atoms with Gasteiger partial charge in [0, 0.05) is 64.3 Å². The Morgan fingerprint density at radius 3 is 2.50 bits per heavy atom. The van der Waals surface area contributed by atoms with E-state index in [9.17, 15) is 9.59 Å². The second kappa shape index (κ2) is 9.11. The molecule has 36 heavy (non-hydrogen) atoms. The maximum absolute atomic E-state index is 12.9. The van der Waals surface area contributed by atoms with Crippen molar-refractivity contribution < 1.29 is 9.59 Å². The highest BCUT2D eigenvalue weighted by Gasteiger charge is 2.43. The quantitative estimate of drug-likeness (QED) is 0.660. The first-order valence-electron chi connectivity index (χ1n) is 12.6. The monoisotopic (exact) mass is 489 g/mol. The molecule has 9 nitrogen and oxygen atoms in total. The SMILES string of the molecule is CN1C(=O)N(CC(C)(C)C)C2CC=C(c3cccc(N4CCN(C(=O)c5ccn(C)n5)CC4)c3)N=C21. The number of aliphatic imine (C=N–C) groups is 1. The molecule has 3 aliphatic rings. The summed E-state index contributed by atoms with van der Waals surface area (Å²) in [7, 11) is 3.64. The van der Waals surface area contributed by atoms with Crippen LogP contribution in [0.15, 0.2) is 47.6 Å². The number of likely N-dealkylation sites (N-methyl/N-ethyl adjacent to an activating group) is 1. The summed E-state index contributed by atoms with van der Waals surface area (Å²) < 4.78 is 1.65. The van der Waals surface area contributed by atoms with E-state index in [1.807, 2.05) is 23.9 Å². The van der Waals surface area contributed by atoms with Crippen molar-refractivity contribution in [3.05, 3.63) is 53.9 Å². The van der Waals surface area contributed by atoms with Crippen LogP contribution in [0.4, 0.5) is 10.5 Å². The maximum atomic E-state index is 12.9. The first-order valence-corrected chi connectivity index (χ1v) is 12.6. The number of aromatic nitrogens is 2. The van der Waals surface area contributed by atoms with Crippen molar-refractivity contribution in [1.82, 2.24) is 24.5 Å². The van der Waals surface area contributed by atoms with E-state index in [0.29, 0.717) is 25.3 Å². The summed E-state index contributed by atoms with van der Waals surface area (Å²) in [5.74, 6) is 0.811. The highest BCUT2D eigenvalue weighted by Crippen LogP contribution is 2.33. The van der Waals surface area contributed by atoms with Crippen molar-refractivity contribution in [1.29, 1.82) is 0 Å². The Morgan fingerprint density at radius 1 is 1.08 bits per heavy atom. The molecule has 0 bridgehead atoms. The molecule has 0 spiro atoms. The van der Waals surface area contributed by atoms with Gasteiger partial charge in [0.2, 0.25) is 0 Å². The van der Waals surface area contributed by atoms with Gasteiger partial charge in [-0.1, -0.05) is 39.0 Å². The number of hydrogen-bond acceptors (Lipinski definition) is 5. The Hall–Kier alpha value is -3.62. The van der Waals surface area contributed by atoms with Crippen molar-refractivity contribution >= 4 is 29.2 Å². The van der Waals surface area contributed by atoms with Crippen molar-refractivity contribution in [3.63, 3.8) is 0 Å². The third-order valence-electron chi connectivity index (χ3n) is 6.97. The lowest BCUT2D eigenvalue weighted by molar-refractivity contribution is 0.0740. The lowest BCUT2D eigenvalue weighted by atomic mass is 9.95. The standard InChI is InChI=1S/C27H35N7O2/c1-27(2,3)18-34-23-10-9-21(28-24(23)31(5)26(34)36)19-7-6-8-20(17-19)32-13-15-33(16-14-32)25(35)22-11-12-30(4)29-22/h6-9,11-12,17,23H,10,13-16,18H2,1-5H3. The second-order valence-electron chi connectivity index (χ2n) is 11.0. The molecule has 0 aliphatic carbocycles. The van der Waals surface area contributed by atoms with E-state index in [4.69, 9.17) is 4.99 Å². The van der Waals surface area contributed by atoms with Crippen LogP contribution in [-0.4, -0.2) is 88.1 Å². The van der Waals surface area contributed by atoms with Crippen LogP contribution in [0.2, 0.25) is 0 Å². The van der Waals surface area contributed by atoms with E-state index in [0.717, 1.165) is 42.3 Å². The molecule has 4 heterocycles. The number of hydrogen-bond donors (Lipinski definition) is 0. The third kappa shape index (κ3) is 4.62. The fraction of sp³-hybridized carbons (Fsp3) is 0.481. The number of urea groups is 1. The number of nitrogens with zero attached hydrogens (tertiary/aromatic N) is 7. The lowest BCUT2D eigenvalue weighted by Crippen LogP contribution is -2.49. The predicted molar refractivity (Wildman–Crippen MR) is 141 cm³/mol. The Balaban J connectivity index is 1.28. The molecule has 3 amide bonds. The number of aryl methyl sites for hydroxylation is 1. The molecule has 5 rings (SSSR count). The number of amidine groups is 1. The molecule has 2 fully saturated rings. The molecule has 2 aromatic rings. The van der Waals surface area contributed by atoms with Gasteiger partial charge >= 0.3 is 6.03 Å². The zero-order valence-electron chi connectivity index (χ0n) is 21.8. The van der Waals surface area contributed by atoms with E-state index < -0.39 is 0 Å². The number of anilines is 1. The van der Waals surface area contributed by atoms with E-state index in [-0.39, 0.29) is 23.4 Å². The third-order valence-corrected chi connectivity index (χ3v) is 6.97. The molecule has 190 valence electrons. The molecule has 0 saturated carbocycles. The van der Waals surface area contributed by atoms with Crippen molar-refractivity contribution in [3.8, 4) is 0 Å². The van der Waals surface area contributed by atoms with Gasteiger partial charge in [0.15, 0.2) is 0 Å². The first-order chi connectivity index (χ1) is 17.1. The second-order valence-corrected chi connectivity index (χ2v) is 11.0. The lowest BCUT2D eigenvalue weighted by Gasteiger charge is -2.36. The summed E-state index contributed by atoms with van der Waals surface area (Å²) >= 11 is 0. The van der Waals surface area contributed by atoms with Crippen LogP contribution in [0.25, 0.3) is 5.70 Å². The number of carbonyl (C=O) groups is 2. The minimum Gasteiger partial charge on any atom is -0.368 e. The zero-order chi connectivity index (χ0) is 25.6. The molecule has 3 aliphatic heterocycles. The van der Waals surface area contributed by atoms with Gasteiger partial charge in [0.05, 0.1) is 11.7 Å². The van der Waals surface area contributed by atoms with Gasteiger partial charge in [-0.25, -0.2) is 9.79 Å². The summed E-state index contributed by atoms with van der Waals surface area (Å²) in [5, 5.41) is 4.25. The molecule has 0 radical (unpaired) electrons. The number of carbonyl (C=O) groups excluding carboxylic acids is 2. The van der Waals surface area contributed by atoms with Crippen LogP contribution < -0.4 is 4.90 Å². The predicted octanol–water partition coefficient (Wildman–Crippen LogP) is 3.31. The summed E-state index contributed by atoms with van der Waals surface area (Å²) in [5.41, 5.74) is 3.58. The van der Waals surface area contributed by atoms with Crippen molar-refractivity contribution in [2.45, 2.75) is 33.2 Å². The molecule has 2 saturated heterocycles. The van der Waals surface area contributed by atoms with Gasteiger partial charge in [0.25, 0.3) is 5.91 Å². The smallest absolute Gasteiger partial charge is 0.325 e. The molecular formula is C27H35N7O2. The van der Waals surface area contributed by atoms with Gasteiger partial charge in [-0.15, -0.1) is 0 Å². The Kier molecular flexibility index (Phi) is 6.10. The number of fused-ring (bicyclic) bond motifs is 1. The van der Waals surface area contributed by atoms with Crippen LogP contribution in [0, 0.1) is 5.41 Å². The molecule has 9 heteroatoms. The molecule has 0 N–H and O–H groups in total. The Bertz CT molecular complexity index is 1230. The van der Waals surface area contributed by atoms with Crippen LogP contribution >= 0.6 is 0 Å². The van der Waals surface area contributed by atoms with E-state index in [1.165, 1.54) is 0 Å². The van der Waals surface area contributed by atoms with Crippen LogP contribution in [0.3, 0.4) is 0 Å². The molecular weight excluding hydrogens is 454 g/mol. The van der Waals surface area contributed by atoms with Gasteiger partial charge in [-0.3, -0.25) is 14.4 Å². The van der Waals surface area contributed by atoms with Crippen LogP contribution in [0.5, 0.6) is 0 Å². The van der Waals surface area contributed by atoms with Crippen molar-refractivity contribution in [2.75, 3.05) is 44.7 Å². The number of benzene rings is 1. The van der Waals surface area contributed by atoms with Crippen molar-refractivity contribution in [2.24, 2.45) is 17.5 Å². The largest absolute Gasteiger partial charge is 0.368 e. The average Bonchev–Trinajstić information content (AvgIpc) is 3.40.